The van der Waals surface area contributed by atoms with Crippen molar-refractivity contribution in [2.75, 3.05) is 13.2 Å². The molecule has 0 aliphatic rings. The molecule has 0 aromatic rings. The summed E-state index contributed by atoms with van der Waals surface area (Å²) in [6, 6.07) is 0. The summed E-state index contributed by atoms with van der Waals surface area (Å²) < 4.78 is 17.0. The number of esters is 3. The Morgan fingerprint density at radius 2 is 0.527 bits per heavy atom. The fraction of sp³-hybridized carbons (Fsp3) is 0.838. The molecule has 0 aliphatic carbocycles. The summed E-state index contributed by atoms with van der Waals surface area (Å²) in [5.41, 5.74) is 0. The van der Waals surface area contributed by atoms with Gasteiger partial charge in [-0.3, -0.25) is 14.4 Å². The molecule has 0 rings (SSSR count). The topological polar surface area (TPSA) is 78.9 Å². The number of hydrogen-bond acceptors (Lipinski definition) is 6. The van der Waals surface area contributed by atoms with Crippen molar-refractivity contribution in [2.45, 2.75) is 354 Å². The number of carbonyl (C=O) groups excluding carboxylic acids is 3. The lowest BCUT2D eigenvalue weighted by Gasteiger charge is -2.18. The first-order valence-electron chi connectivity index (χ1n) is 32.6. The average molecular weight is 1040 g/mol. The van der Waals surface area contributed by atoms with E-state index >= 15 is 0 Å². The van der Waals surface area contributed by atoms with E-state index in [4.69, 9.17) is 14.2 Å². The van der Waals surface area contributed by atoms with E-state index in [1.54, 1.807) is 0 Å². The highest BCUT2D eigenvalue weighted by molar-refractivity contribution is 5.71. The van der Waals surface area contributed by atoms with Crippen molar-refractivity contribution in [3.05, 3.63) is 48.6 Å². The molecule has 0 saturated carbocycles. The van der Waals surface area contributed by atoms with Crippen LogP contribution in [0.2, 0.25) is 0 Å². The maximum atomic E-state index is 12.9. The van der Waals surface area contributed by atoms with Crippen LogP contribution in [0.3, 0.4) is 0 Å². The van der Waals surface area contributed by atoms with Crippen molar-refractivity contribution in [1.82, 2.24) is 0 Å². The number of unbranched alkanes of at least 4 members (excludes halogenated alkanes) is 41. The van der Waals surface area contributed by atoms with Crippen LogP contribution in [0.15, 0.2) is 48.6 Å². The summed E-state index contributed by atoms with van der Waals surface area (Å²) in [6.07, 6.45) is 78.3. The molecule has 0 radical (unpaired) electrons. The molecular formula is C68H124O6. The quantitative estimate of drug-likeness (QED) is 0.0261. The van der Waals surface area contributed by atoms with Crippen molar-refractivity contribution in [2.24, 2.45) is 0 Å². The van der Waals surface area contributed by atoms with Crippen LogP contribution >= 0.6 is 0 Å². The molecule has 0 N–H and O–H groups in total. The zero-order chi connectivity index (χ0) is 53.6. The molecule has 0 spiro atoms. The summed E-state index contributed by atoms with van der Waals surface area (Å²) in [4.78, 5) is 38.4. The molecular weight excluding hydrogens is 913 g/mol. The van der Waals surface area contributed by atoms with Crippen LogP contribution in [-0.2, 0) is 28.6 Å². The maximum absolute atomic E-state index is 12.9. The van der Waals surface area contributed by atoms with Crippen LogP contribution in [0.1, 0.15) is 348 Å². The molecule has 1 atom stereocenters. The van der Waals surface area contributed by atoms with Gasteiger partial charge >= 0.3 is 17.9 Å². The third-order valence-electron chi connectivity index (χ3n) is 14.6. The minimum atomic E-state index is -0.777. The van der Waals surface area contributed by atoms with Crippen LogP contribution in [-0.4, -0.2) is 37.2 Å². The standard InChI is InChI=1S/C68H124O6/c1-4-7-10-13-16-19-22-25-28-31-34-37-40-43-46-49-52-55-58-61-67(70)73-64-65(63-72-66(69)60-57-54-51-48-45-42-39-36-33-30-27-24-21-18-15-12-9-6-3)74-68(71)62-59-56-53-50-47-44-41-38-35-32-29-26-23-20-17-14-11-8-5-2/h7,10,16,19,25,28,34,37,65H,4-6,8-9,11-15,17-18,20-24,26-27,29-33,35-36,38-64H2,1-3H3/b10-7-,19-16-,28-25-,37-34-. The van der Waals surface area contributed by atoms with E-state index < -0.39 is 6.10 Å². The minimum absolute atomic E-state index is 0.0724. The lowest BCUT2D eigenvalue weighted by atomic mass is 10.0. The van der Waals surface area contributed by atoms with E-state index in [1.165, 1.54) is 218 Å². The molecule has 0 fully saturated rings. The molecule has 0 bridgehead atoms. The first kappa shape index (κ1) is 71.4. The van der Waals surface area contributed by atoms with Crippen LogP contribution in [0.4, 0.5) is 0 Å². The second kappa shape index (κ2) is 62.9. The fourth-order valence-electron chi connectivity index (χ4n) is 9.73. The third-order valence-corrected chi connectivity index (χ3v) is 14.6. The predicted octanol–water partition coefficient (Wildman–Crippen LogP) is 22.2. The van der Waals surface area contributed by atoms with Gasteiger partial charge < -0.3 is 14.2 Å². The van der Waals surface area contributed by atoms with E-state index in [9.17, 15) is 14.4 Å². The third kappa shape index (κ3) is 60.2. The van der Waals surface area contributed by atoms with Crippen molar-refractivity contribution < 1.29 is 28.6 Å². The van der Waals surface area contributed by atoms with Crippen LogP contribution < -0.4 is 0 Å². The molecule has 0 heterocycles. The van der Waals surface area contributed by atoms with Gasteiger partial charge in [0.25, 0.3) is 0 Å². The van der Waals surface area contributed by atoms with E-state index in [1.807, 2.05) is 0 Å². The van der Waals surface area contributed by atoms with Crippen LogP contribution in [0.5, 0.6) is 0 Å². The lowest BCUT2D eigenvalue weighted by Crippen LogP contribution is -2.30. The number of carbonyl (C=O) groups is 3. The Kier molecular flexibility index (Phi) is 60.7. The minimum Gasteiger partial charge on any atom is -0.462 e. The largest absolute Gasteiger partial charge is 0.462 e. The van der Waals surface area contributed by atoms with Gasteiger partial charge in [0, 0.05) is 19.3 Å². The first-order chi connectivity index (χ1) is 36.5. The zero-order valence-corrected chi connectivity index (χ0v) is 49.6. The molecule has 0 aliphatic heterocycles. The molecule has 74 heavy (non-hydrogen) atoms. The summed E-state index contributed by atoms with van der Waals surface area (Å²) in [7, 11) is 0. The molecule has 6 nitrogen and oxygen atoms in total. The predicted molar refractivity (Wildman–Crippen MR) is 321 cm³/mol. The Labute approximate surface area is 460 Å². The van der Waals surface area contributed by atoms with Gasteiger partial charge in [-0.1, -0.05) is 320 Å². The Balaban J connectivity index is 4.35. The molecule has 0 saturated heterocycles. The second-order valence-corrected chi connectivity index (χ2v) is 22.0. The van der Waals surface area contributed by atoms with Gasteiger partial charge in [0.15, 0.2) is 6.10 Å². The molecule has 432 valence electrons. The second-order valence-electron chi connectivity index (χ2n) is 22.0. The van der Waals surface area contributed by atoms with Crippen LogP contribution in [0, 0.1) is 0 Å². The molecule has 6 heteroatoms. The first-order valence-corrected chi connectivity index (χ1v) is 32.6. The molecule has 0 amide bonds. The van der Waals surface area contributed by atoms with Crippen molar-refractivity contribution in [1.29, 1.82) is 0 Å². The van der Waals surface area contributed by atoms with Gasteiger partial charge in [-0.2, -0.15) is 0 Å². The zero-order valence-electron chi connectivity index (χ0n) is 49.6. The van der Waals surface area contributed by atoms with Gasteiger partial charge in [0.2, 0.25) is 0 Å². The maximum Gasteiger partial charge on any atom is 0.306 e. The summed E-state index contributed by atoms with van der Waals surface area (Å²) in [5.74, 6) is -0.861. The number of ether oxygens (including phenoxy) is 3. The Morgan fingerprint density at radius 3 is 0.824 bits per heavy atom. The number of hydrogen-bond donors (Lipinski definition) is 0. The summed E-state index contributed by atoms with van der Waals surface area (Å²) in [6.45, 7) is 6.58. The van der Waals surface area contributed by atoms with Gasteiger partial charge in [-0.25, -0.2) is 0 Å². The highest BCUT2D eigenvalue weighted by Gasteiger charge is 2.19. The van der Waals surface area contributed by atoms with E-state index in [0.717, 1.165) is 89.9 Å². The van der Waals surface area contributed by atoms with E-state index in [2.05, 4.69) is 69.4 Å². The van der Waals surface area contributed by atoms with Crippen molar-refractivity contribution in [3.63, 3.8) is 0 Å². The summed E-state index contributed by atoms with van der Waals surface area (Å²) >= 11 is 0. The SMILES string of the molecule is CC/C=C\C/C=C\C/C=C\C/C=C\CCCCCCCCC(=O)OCC(COC(=O)CCCCCCCCCCCCCCCCCCCC)OC(=O)CCCCCCCCCCCCCCCCCCCCC. The summed E-state index contributed by atoms with van der Waals surface area (Å²) in [5, 5.41) is 0. The van der Waals surface area contributed by atoms with Gasteiger partial charge in [0.1, 0.15) is 13.2 Å². The van der Waals surface area contributed by atoms with E-state index in [-0.39, 0.29) is 31.1 Å². The van der Waals surface area contributed by atoms with Crippen LogP contribution in [0.25, 0.3) is 0 Å². The Morgan fingerprint density at radius 1 is 0.284 bits per heavy atom. The molecule has 0 aromatic heterocycles. The smallest absolute Gasteiger partial charge is 0.306 e. The van der Waals surface area contributed by atoms with Gasteiger partial charge in [-0.05, 0) is 57.8 Å². The fourth-order valence-corrected chi connectivity index (χ4v) is 9.73. The monoisotopic (exact) mass is 1040 g/mol. The highest BCUT2D eigenvalue weighted by atomic mass is 16.6. The Bertz CT molecular complexity index is 1280. The molecule has 0 aromatic carbocycles. The number of rotatable bonds is 60. The van der Waals surface area contributed by atoms with Gasteiger partial charge in [0.05, 0.1) is 0 Å². The van der Waals surface area contributed by atoms with Crippen molar-refractivity contribution in [3.8, 4) is 0 Å². The normalized spacial score (nSPS) is 12.3. The average Bonchev–Trinajstić information content (AvgIpc) is 3.40. The van der Waals surface area contributed by atoms with Crippen molar-refractivity contribution >= 4 is 17.9 Å². The highest BCUT2D eigenvalue weighted by Crippen LogP contribution is 2.18. The van der Waals surface area contributed by atoms with Gasteiger partial charge in [-0.15, -0.1) is 0 Å². The lowest BCUT2D eigenvalue weighted by molar-refractivity contribution is -0.167. The molecule has 1 unspecified atom stereocenters. The number of allylic oxidation sites excluding steroid dienone is 8. The Hall–Kier alpha value is -2.63. The van der Waals surface area contributed by atoms with E-state index in [0.29, 0.717) is 19.3 Å².